The molecule has 0 amide bonds. The molecule has 19 heavy (non-hydrogen) atoms. The van der Waals surface area contributed by atoms with Crippen molar-refractivity contribution in [3.05, 3.63) is 35.5 Å². The van der Waals surface area contributed by atoms with E-state index in [-0.39, 0.29) is 5.82 Å². The molecule has 0 aliphatic heterocycles. The van der Waals surface area contributed by atoms with E-state index in [0.29, 0.717) is 11.9 Å². The van der Waals surface area contributed by atoms with E-state index in [0.717, 1.165) is 17.7 Å². The smallest absolute Gasteiger partial charge is 0.252 e. The lowest BCUT2D eigenvalue weighted by Gasteiger charge is -2.10. The molecule has 1 N–H and O–H groups in total. The Labute approximate surface area is 112 Å². The molecule has 0 saturated heterocycles. The second-order valence-corrected chi connectivity index (χ2v) is 4.64. The highest BCUT2D eigenvalue weighted by Gasteiger charge is 2.07. The van der Waals surface area contributed by atoms with Crippen LogP contribution in [0.25, 0.3) is 5.82 Å². The summed E-state index contributed by atoms with van der Waals surface area (Å²) < 4.78 is 1.52. The molecule has 0 bridgehead atoms. The van der Waals surface area contributed by atoms with E-state index >= 15 is 0 Å². The highest BCUT2D eigenvalue weighted by Crippen LogP contribution is 2.11. The lowest BCUT2D eigenvalue weighted by Crippen LogP contribution is -2.22. The normalized spacial score (nSPS) is 10.7. The van der Waals surface area contributed by atoms with Crippen LogP contribution >= 0.6 is 0 Å². The van der Waals surface area contributed by atoms with Gasteiger partial charge in [-0.05, 0) is 24.1 Å². The topological polar surface area (TPSA) is 79.4 Å². The van der Waals surface area contributed by atoms with Crippen LogP contribution in [0.2, 0.25) is 0 Å². The van der Waals surface area contributed by atoms with Gasteiger partial charge in [0.1, 0.15) is 12.4 Å². The van der Waals surface area contributed by atoms with E-state index < -0.39 is 0 Å². The fraction of sp³-hybridized carbons (Fsp3) is 0.385. The molecule has 0 aromatic carbocycles. The van der Waals surface area contributed by atoms with Gasteiger partial charge in [0.15, 0.2) is 5.82 Å². The minimum atomic E-state index is 0.145. The van der Waals surface area contributed by atoms with Gasteiger partial charge in [-0.3, -0.25) is 0 Å². The lowest BCUT2D eigenvalue weighted by molar-refractivity contribution is 0.587. The van der Waals surface area contributed by atoms with Crippen LogP contribution in [-0.4, -0.2) is 25.8 Å². The number of nitriles is 1. The molecule has 0 aliphatic rings. The monoisotopic (exact) mass is 256 g/mol. The number of aromatic nitrogens is 4. The van der Waals surface area contributed by atoms with Gasteiger partial charge in [-0.25, -0.2) is 14.6 Å². The second kappa shape index (κ2) is 5.59. The van der Waals surface area contributed by atoms with Gasteiger partial charge < -0.3 is 5.32 Å². The van der Waals surface area contributed by atoms with Crippen LogP contribution in [0.5, 0.6) is 0 Å². The lowest BCUT2D eigenvalue weighted by atomic mass is 10.2. The summed E-state index contributed by atoms with van der Waals surface area (Å²) in [4.78, 5) is 8.26. The van der Waals surface area contributed by atoms with Crippen molar-refractivity contribution in [2.45, 2.75) is 33.4 Å². The van der Waals surface area contributed by atoms with E-state index in [1.807, 2.05) is 19.2 Å². The molecule has 0 aliphatic carbocycles. The van der Waals surface area contributed by atoms with Gasteiger partial charge in [-0.15, -0.1) is 5.10 Å². The predicted octanol–water partition coefficient (Wildman–Crippen LogP) is 1.34. The standard InChI is InChI=1S/C13H16N6/c1-9(2)15-6-11-4-10(3)13(16-7-11)19-8-17-12(5-14)18-19/h4,7-9,15H,6H2,1-3H3. The van der Waals surface area contributed by atoms with Crippen molar-refractivity contribution in [1.82, 2.24) is 25.1 Å². The molecule has 0 saturated carbocycles. The molecule has 0 radical (unpaired) electrons. The van der Waals surface area contributed by atoms with E-state index in [1.54, 1.807) is 0 Å². The van der Waals surface area contributed by atoms with Crippen molar-refractivity contribution < 1.29 is 0 Å². The maximum absolute atomic E-state index is 8.72. The number of hydrogen-bond acceptors (Lipinski definition) is 5. The number of pyridine rings is 1. The zero-order valence-electron chi connectivity index (χ0n) is 11.3. The summed E-state index contributed by atoms with van der Waals surface area (Å²) in [6, 6.07) is 4.40. The Hall–Kier alpha value is -2.26. The van der Waals surface area contributed by atoms with Crippen molar-refractivity contribution in [1.29, 1.82) is 5.26 Å². The Kier molecular flexibility index (Phi) is 3.88. The molecule has 0 spiro atoms. The maximum Gasteiger partial charge on any atom is 0.252 e. The van der Waals surface area contributed by atoms with Gasteiger partial charge in [0.25, 0.3) is 5.82 Å². The first kappa shape index (κ1) is 13.2. The molecular formula is C13H16N6. The summed E-state index contributed by atoms with van der Waals surface area (Å²) in [6.45, 7) is 6.96. The molecule has 2 aromatic heterocycles. The second-order valence-electron chi connectivity index (χ2n) is 4.64. The largest absolute Gasteiger partial charge is 0.310 e. The van der Waals surface area contributed by atoms with Crippen LogP contribution in [0.1, 0.15) is 30.8 Å². The van der Waals surface area contributed by atoms with Gasteiger partial charge in [-0.1, -0.05) is 13.8 Å². The molecule has 2 heterocycles. The van der Waals surface area contributed by atoms with Gasteiger partial charge in [0.05, 0.1) is 0 Å². The summed E-state index contributed by atoms with van der Waals surface area (Å²) in [6.07, 6.45) is 3.31. The van der Waals surface area contributed by atoms with E-state index in [9.17, 15) is 0 Å². The van der Waals surface area contributed by atoms with Gasteiger partial charge in [0.2, 0.25) is 0 Å². The molecule has 6 heteroatoms. The molecule has 2 aromatic rings. The molecule has 0 atom stereocenters. The van der Waals surface area contributed by atoms with Crippen LogP contribution in [0.4, 0.5) is 0 Å². The summed E-state index contributed by atoms with van der Waals surface area (Å²) in [5.41, 5.74) is 2.12. The number of aryl methyl sites for hydroxylation is 1. The quantitative estimate of drug-likeness (QED) is 0.893. The summed E-state index contributed by atoms with van der Waals surface area (Å²) in [7, 11) is 0. The fourth-order valence-electron chi connectivity index (χ4n) is 1.70. The van der Waals surface area contributed by atoms with Crippen molar-refractivity contribution in [3.63, 3.8) is 0 Å². The molecular weight excluding hydrogens is 240 g/mol. The highest BCUT2D eigenvalue weighted by atomic mass is 15.4. The Morgan fingerprint density at radius 1 is 1.42 bits per heavy atom. The first-order valence-electron chi connectivity index (χ1n) is 6.11. The minimum Gasteiger partial charge on any atom is -0.310 e. The van der Waals surface area contributed by atoms with Crippen molar-refractivity contribution >= 4 is 0 Å². The molecule has 98 valence electrons. The molecule has 2 rings (SSSR count). The predicted molar refractivity (Wildman–Crippen MR) is 70.6 cm³/mol. The van der Waals surface area contributed by atoms with Crippen LogP contribution < -0.4 is 5.32 Å². The summed E-state index contributed by atoms with van der Waals surface area (Å²) in [5, 5.41) is 16.1. The SMILES string of the molecule is Cc1cc(CNC(C)C)cnc1-n1cnc(C#N)n1. The molecule has 6 nitrogen and oxygen atoms in total. The number of nitrogens with one attached hydrogen (secondary N) is 1. The van der Waals surface area contributed by atoms with Crippen molar-refractivity contribution in [2.24, 2.45) is 0 Å². The Morgan fingerprint density at radius 2 is 2.21 bits per heavy atom. The average Bonchev–Trinajstić information content (AvgIpc) is 2.85. The minimum absolute atomic E-state index is 0.145. The van der Waals surface area contributed by atoms with Gasteiger partial charge in [-0.2, -0.15) is 5.26 Å². The number of hydrogen-bond donors (Lipinski definition) is 1. The van der Waals surface area contributed by atoms with Crippen molar-refractivity contribution in [2.75, 3.05) is 0 Å². The van der Waals surface area contributed by atoms with Gasteiger partial charge >= 0.3 is 0 Å². The average molecular weight is 256 g/mol. The zero-order chi connectivity index (χ0) is 13.8. The third-order valence-electron chi connectivity index (χ3n) is 2.63. The Bertz CT molecular complexity index is 608. The maximum atomic E-state index is 8.72. The van der Waals surface area contributed by atoms with E-state index in [4.69, 9.17) is 5.26 Å². The van der Waals surface area contributed by atoms with Crippen LogP contribution in [0.3, 0.4) is 0 Å². The van der Waals surface area contributed by atoms with E-state index in [1.165, 1.54) is 11.0 Å². The van der Waals surface area contributed by atoms with Crippen LogP contribution in [0.15, 0.2) is 18.6 Å². The summed E-state index contributed by atoms with van der Waals surface area (Å²) >= 11 is 0. The number of rotatable bonds is 4. The number of nitrogens with zero attached hydrogens (tertiary/aromatic N) is 5. The third kappa shape index (κ3) is 3.14. The molecule has 0 fully saturated rings. The first-order chi connectivity index (χ1) is 9.10. The van der Waals surface area contributed by atoms with Crippen LogP contribution in [0, 0.1) is 18.3 Å². The molecule has 0 unspecified atom stereocenters. The Morgan fingerprint density at radius 3 is 2.79 bits per heavy atom. The van der Waals surface area contributed by atoms with Crippen molar-refractivity contribution in [3.8, 4) is 11.9 Å². The highest BCUT2D eigenvalue weighted by molar-refractivity contribution is 5.34. The first-order valence-corrected chi connectivity index (χ1v) is 6.11. The summed E-state index contributed by atoms with van der Waals surface area (Å²) in [5.74, 6) is 0.842. The Balaban J connectivity index is 2.22. The third-order valence-corrected chi connectivity index (χ3v) is 2.63. The van der Waals surface area contributed by atoms with E-state index in [2.05, 4.69) is 40.3 Å². The fourth-order valence-corrected chi connectivity index (χ4v) is 1.70. The van der Waals surface area contributed by atoms with Crippen LogP contribution in [-0.2, 0) is 6.54 Å². The van der Waals surface area contributed by atoms with Gasteiger partial charge in [0, 0.05) is 18.8 Å². The zero-order valence-corrected chi connectivity index (χ0v) is 11.3.